The number of hydrogen-bond acceptors (Lipinski definition) is 5. The van der Waals surface area contributed by atoms with E-state index in [0.29, 0.717) is 13.2 Å². The molecule has 0 saturated heterocycles. The molecule has 0 spiro atoms. The van der Waals surface area contributed by atoms with Crippen molar-refractivity contribution >= 4 is 41.6 Å². The van der Waals surface area contributed by atoms with Crippen LogP contribution in [-0.2, 0) is 13.8 Å². The zero-order chi connectivity index (χ0) is 13.9. The summed E-state index contributed by atoms with van der Waals surface area (Å²) in [6.07, 6.45) is 0. The third-order valence-corrected chi connectivity index (χ3v) is 4.29. The van der Waals surface area contributed by atoms with E-state index in [4.69, 9.17) is 19.8 Å². The van der Waals surface area contributed by atoms with Crippen molar-refractivity contribution < 1.29 is 22.4 Å². The van der Waals surface area contributed by atoms with Crippen LogP contribution < -0.4 is 0 Å². The highest BCUT2D eigenvalue weighted by atomic mass is 79.9. The van der Waals surface area contributed by atoms with Gasteiger partial charge in [-0.25, -0.2) is 8.42 Å². The van der Waals surface area contributed by atoms with Gasteiger partial charge in [0.05, 0.1) is 6.61 Å². The molecule has 9 heteroatoms. The molecule has 0 saturated carbocycles. The lowest BCUT2D eigenvalue weighted by Gasteiger charge is -2.14. The Morgan fingerprint density at radius 1 is 1.61 bits per heavy atom. The molecular weight excluding hydrogens is 350 g/mol. The van der Waals surface area contributed by atoms with Crippen molar-refractivity contribution in [3.05, 3.63) is 16.5 Å². The third kappa shape index (κ3) is 3.71. The number of carbonyl (C=O) groups excluding carboxylic acids is 1. The molecule has 102 valence electrons. The van der Waals surface area contributed by atoms with Gasteiger partial charge >= 0.3 is 0 Å². The summed E-state index contributed by atoms with van der Waals surface area (Å²) in [5, 5.41) is 0. The fraction of sp³-hybridized carbons (Fsp3) is 0.444. The molecule has 0 radical (unpaired) electrons. The first-order valence-corrected chi connectivity index (χ1v) is 7.86. The summed E-state index contributed by atoms with van der Waals surface area (Å²) >= 11 is 2.90. The number of nitrogens with zero attached hydrogens (tertiary/aromatic N) is 1. The smallest absolute Gasteiger partial charge is 0.289 e. The lowest BCUT2D eigenvalue weighted by molar-refractivity contribution is 0.0712. The highest BCUT2D eigenvalue weighted by Crippen LogP contribution is 2.29. The molecule has 1 amide bonds. The Morgan fingerprint density at radius 3 is 2.67 bits per heavy atom. The lowest BCUT2D eigenvalue weighted by atomic mass is 10.4. The number of likely N-dealkylation sites (N-methyl/N-ethyl adjacent to an activating group) is 1. The molecule has 1 aromatic heterocycles. The van der Waals surface area contributed by atoms with Crippen molar-refractivity contribution in [2.24, 2.45) is 0 Å². The van der Waals surface area contributed by atoms with Crippen LogP contribution in [-0.4, -0.2) is 46.5 Å². The number of halogens is 2. The summed E-state index contributed by atoms with van der Waals surface area (Å²) < 4.78 is 32.1. The number of carbonyl (C=O) groups is 1. The van der Waals surface area contributed by atoms with Crippen LogP contribution in [0.4, 0.5) is 0 Å². The summed E-state index contributed by atoms with van der Waals surface area (Å²) in [6.45, 7) is 0.724. The van der Waals surface area contributed by atoms with E-state index in [2.05, 4.69) is 15.9 Å². The quantitative estimate of drug-likeness (QED) is 0.747. The Morgan fingerprint density at radius 2 is 2.22 bits per heavy atom. The van der Waals surface area contributed by atoms with Gasteiger partial charge < -0.3 is 14.1 Å². The van der Waals surface area contributed by atoms with Gasteiger partial charge in [0, 0.05) is 37.5 Å². The van der Waals surface area contributed by atoms with Crippen LogP contribution in [0.5, 0.6) is 0 Å². The van der Waals surface area contributed by atoms with Gasteiger partial charge in [-0.1, -0.05) is 0 Å². The van der Waals surface area contributed by atoms with Gasteiger partial charge in [0.25, 0.3) is 15.0 Å². The topological polar surface area (TPSA) is 76.8 Å². The second-order valence-electron chi connectivity index (χ2n) is 3.41. The maximum absolute atomic E-state index is 11.9. The molecule has 0 aliphatic heterocycles. The maximum Gasteiger partial charge on any atom is 0.289 e. The second-order valence-corrected chi connectivity index (χ2v) is 6.66. The van der Waals surface area contributed by atoms with Crippen LogP contribution in [0, 0.1) is 0 Å². The largest absolute Gasteiger partial charge is 0.443 e. The van der Waals surface area contributed by atoms with Crippen LogP contribution in [0.15, 0.2) is 20.0 Å². The van der Waals surface area contributed by atoms with E-state index in [-0.39, 0.29) is 15.3 Å². The van der Waals surface area contributed by atoms with Crippen molar-refractivity contribution in [2.45, 2.75) is 4.90 Å². The Bertz CT molecular complexity index is 541. The zero-order valence-corrected chi connectivity index (χ0v) is 12.8. The first-order valence-electron chi connectivity index (χ1n) is 4.75. The van der Waals surface area contributed by atoms with Gasteiger partial charge in [0.2, 0.25) is 0 Å². The molecule has 1 rings (SSSR count). The molecule has 0 aliphatic rings. The molecule has 1 heterocycles. The molecule has 0 atom stereocenters. The molecule has 0 fully saturated rings. The molecule has 0 bridgehead atoms. The molecule has 0 aliphatic carbocycles. The number of methoxy groups -OCH3 is 1. The van der Waals surface area contributed by atoms with E-state index in [0.717, 1.165) is 6.07 Å². The normalized spacial score (nSPS) is 11.6. The average molecular weight is 361 g/mol. The van der Waals surface area contributed by atoms with E-state index >= 15 is 0 Å². The number of amides is 1. The Labute approximate surface area is 117 Å². The fourth-order valence-corrected chi connectivity index (χ4v) is 3.17. The number of rotatable bonds is 5. The van der Waals surface area contributed by atoms with Crippen molar-refractivity contribution in [3.8, 4) is 0 Å². The van der Waals surface area contributed by atoms with Gasteiger partial charge in [-0.15, -0.1) is 0 Å². The van der Waals surface area contributed by atoms with Crippen LogP contribution in [0.25, 0.3) is 0 Å². The molecule has 0 aromatic carbocycles. The summed E-state index contributed by atoms with van der Waals surface area (Å²) in [5.74, 6) is -0.570. The molecule has 0 N–H and O–H groups in total. The predicted molar refractivity (Wildman–Crippen MR) is 68.3 cm³/mol. The Kier molecular flexibility index (Phi) is 5.20. The van der Waals surface area contributed by atoms with Crippen molar-refractivity contribution in [2.75, 3.05) is 27.3 Å². The summed E-state index contributed by atoms with van der Waals surface area (Å²) in [4.78, 5) is 12.9. The van der Waals surface area contributed by atoms with E-state index in [1.807, 2.05) is 0 Å². The second kappa shape index (κ2) is 6.05. The third-order valence-electron chi connectivity index (χ3n) is 2.11. The van der Waals surface area contributed by atoms with Gasteiger partial charge in [-0.05, 0) is 15.9 Å². The predicted octanol–water partition coefficient (Wildman–Crippen LogP) is 1.69. The van der Waals surface area contributed by atoms with E-state index in [1.165, 1.54) is 12.0 Å². The van der Waals surface area contributed by atoms with Crippen LogP contribution in [0.1, 0.15) is 10.6 Å². The van der Waals surface area contributed by atoms with E-state index < -0.39 is 15.0 Å². The first-order chi connectivity index (χ1) is 8.27. The Hall–Kier alpha value is -0.570. The van der Waals surface area contributed by atoms with Gasteiger partial charge in [0.1, 0.15) is 4.90 Å². The standard InChI is InChI=1S/C9H11BrClNO5S/c1-12(3-4-16-2)9(13)6-5-7(8(10)17-6)18(11,14)15/h5H,3-4H2,1-2H3. The summed E-state index contributed by atoms with van der Waals surface area (Å²) in [6, 6.07) is 1.08. The van der Waals surface area contributed by atoms with Crippen molar-refractivity contribution in [1.29, 1.82) is 0 Å². The highest BCUT2D eigenvalue weighted by molar-refractivity contribution is 9.10. The number of ether oxygens (including phenoxy) is 1. The molecule has 18 heavy (non-hydrogen) atoms. The lowest BCUT2D eigenvalue weighted by Crippen LogP contribution is -2.29. The minimum absolute atomic E-state index is 0.0963. The monoisotopic (exact) mass is 359 g/mol. The van der Waals surface area contributed by atoms with Crippen molar-refractivity contribution in [1.82, 2.24) is 4.90 Å². The van der Waals surface area contributed by atoms with E-state index in [9.17, 15) is 13.2 Å². The average Bonchev–Trinajstić information content (AvgIpc) is 2.66. The van der Waals surface area contributed by atoms with Gasteiger partial charge in [0.15, 0.2) is 10.4 Å². The first kappa shape index (κ1) is 15.5. The molecule has 0 unspecified atom stereocenters. The molecule has 1 aromatic rings. The fourth-order valence-electron chi connectivity index (χ4n) is 1.14. The summed E-state index contributed by atoms with van der Waals surface area (Å²) in [5.41, 5.74) is 0. The highest BCUT2D eigenvalue weighted by Gasteiger charge is 2.24. The Balaban J connectivity index is 2.95. The maximum atomic E-state index is 11.9. The number of furan rings is 1. The summed E-state index contributed by atoms with van der Waals surface area (Å²) in [7, 11) is 4.29. The molecular formula is C9H11BrClNO5S. The van der Waals surface area contributed by atoms with Gasteiger partial charge in [-0.2, -0.15) is 0 Å². The van der Waals surface area contributed by atoms with Crippen LogP contribution in [0.3, 0.4) is 0 Å². The van der Waals surface area contributed by atoms with Gasteiger partial charge in [-0.3, -0.25) is 4.79 Å². The van der Waals surface area contributed by atoms with E-state index in [1.54, 1.807) is 7.05 Å². The number of hydrogen-bond donors (Lipinski definition) is 0. The zero-order valence-electron chi connectivity index (χ0n) is 9.64. The van der Waals surface area contributed by atoms with Crippen LogP contribution in [0.2, 0.25) is 0 Å². The minimum Gasteiger partial charge on any atom is -0.443 e. The van der Waals surface area contributed by atoms with Crippen LogP contribution >= 0.6 is 26.6 Å². The SMILES string of the molecule is COCCN(C)C(=O)c1cc(S(=O)(=O)Cl)c(Br)o1. The minimum atomic E-state index is -3.95. The molecule has 6 nitrogen and oxygen atoms in total. The van der Waals surface area contributed by atoms with Crippen molar-refractivity contribution in [3.63, 3.8) is 0 Å².